The highest BCUT2D eigenvalue weighted by Crippen LogP contribution is 2.04. The van der Waals surface area contributed by atoms with Gasteiger partial charge in [-0.15, -0.1) is 0 Å². The van der Waals surface area contributed by atoms with Gasteiger partial charge in [-0.3, -0.25) is 4.79 Å². The first-order valence-electron chi connectivity index (χ1n) is 2.92. The van der Waals surface area contributed by atoms with E-state index < -0.39 is 12.0 Å². The largest absolute Gasteiger partial charge is 0.502 e. The maximum atomic E-state index is 10.3. The van der Waals surface area contributed by atoms with Gasteiger partial charge in [0.1, 0.15) is 6.04 Å². The molecular formula is C6H10ClNO3. The third-order valence-corrected chi connectivity index (χ3v) is 1.41. The fraction of sp³-hybridized carbons (Fsp3) is 0.500. The van der Waals surface area contributed by atoms with Gasteiger partial charge in [0.05, 0.1) is 12.9 Å². The van der Waals surface area contributed by atoms with E-state index in [-0.39, 0.29) is 6.42 Å². The van der Waals surface area contributed by atoms with Crippen LogP contribution in [0.1, 0.15) is 6.42 Å². The number of rotatable bonds is 5. The molecule has 0 heterocycles. The van der Waals surface area contributed by atoms with Crippen molar-refractivity contribution in [2.75, 3.05) is 7.11 Å². The van der Waals surface area contributed by atoms with Gasteiger partial charge < -0.3 is 9.84 Å². The minimum absolute atomic E-state index is 0.162. The second-order valence-electron chi connectivity index (χ2n) is 1.95. The van der Waals surface area contributed by atoms with Gasteiger partial charge in [0.25, 0.3) is 0 Å². The fourth-order valence-corrected chi connectivity index (χ4v) is 0.654. The van der Waals surface area contributed by atoms with Crippen molar-refractivity contribution < 1.29 is 14.6 Å². The Labute approximate surface area is 69.9 Å². The second kappa shape index (κ2) is 4.98. The molecule has 0 aromatic carbocycles. The molecular weight excluding hydrogens is 170 g/mol. The van der Waals surface area contributed by atoms with Gasteiger partial charge >= 0.3 is 5.97 Å². The lowest BCUT2D eigenvalue weighted by Gasteiger charge is -2.09. The molecule has 0 bridgehead atoms. The average Bonchev–Trinajstić information content (AvgIpc) is 1.99. The Kier molecular flexibility index (Phi) is 4.65. The predicted molar refractivity (Wildman–Crippen MR) is 41.2 cm³/mol. The molecule has 0 aliphatic rings. The van der Waals surface area contributed by atoms with E-state index in [0.29, 0.717) is 5.76 Å². The fourth-order valence-electron chi connectivity index (χ4n) is 0.484. The van der Waals surface area contributed by atoms with E-state index in [2.05, 4.69) is 16.2 Å². The first-order valence-corrected chi connectivity index (χ1v) is 3.30. The zero-order valence-corrected chi connectivity index (χ0v) is 6.89. The van der Waals surface area contributed by atoms with Crippen LogP contribution in [0.4, 0.5) is 0 Å². The summed E-state index contributed by atoms with van der Waals surface area (Å²) in [6.07, 6.45) is 0.162. The van der Waals surface area contributed by atoms with Gasteiger partial charge in [0.2, 0.25) is 0 Å². The number of nitrogens with one attached hydrogen (secondary N) is 1. The van der Waals surface area contributed by atoms with E-state index in [0.717, 1.165) is 0 Å². The molecule has 0 radical (unpaired) electrons. The standard InChI is InChI=1S/C6H10ClNO3/c1-4(11-2)3-5(8-7)6(9)10/h5,8H,1,3H2,2H3,(H,9,10). The molecule has 0 fully saturated rings. The Hall–Kier alpha value is -0.740. The van der Waals surface area contributed by atoms with Gasteiger partial charge in [0, 0.05) is 6.42 Å². The van der Waals surface area contributed by atoms with E-state index in [1.807, 2.05) is 0 Å². The van der Waals surface area contributed by atoms with E-state index in [1.54, 1.807) is 0 Å². The Morgan fingerprint density at radius 1 is 1.91 bits per heavy atom. The normalized spacial score (nSPS) is 12.2. The Morgan fingerprint density at radius 2 is 2.45 bits per heavy atom. The van der Waals surface area contributed by atoms with Crippen molar-refractivity contribution in [1.29, 1.82) is 0 Å². The number of halogens is 1. The first-order chi connectivity index (χ1) is 5.11. The highest BCUT2D eigenvalue weighted by atomic mass is 35.5. The van der Waals surface area contributed by atoms with Crippen LogP contribution in [0.15, 0.2) is 12.3 Å². The topological polar surface area (TPSA) is 58.6 Å². The lowest BCUT2D eigenvalue weighted by molar-refractivity contribution is -0.139. The minimum Gasteiger partial charge on any atom is -0.502 e. The SMILES string of the molecule is C=C(CC(NCl)C(=O)O)OC. The van der Waals surface area contributed by atoms with Crippen LogP contribution in [0, 0.1) is 0 Å². The Bertz CT molecular complexity index is 160. The summed E-state index contributed by atoms with van der Waals surface area (Å²) in [4.78, 5) is 12.4. The highest BCUT2D eigenvalue weighted by molar-refractivity contribution is 6.14. The quantitative estimate of drug-likeness (QED) is 0.483. The Morgan fingerprint density at radius 3 is 2.73 bits per heavy atom. The molecule has 5 heteroatoms. The van der Waals surface area contributed by atoms with Crippen molar-refractivity contribution in [1.82, 2.24) is 4.84 Å². The third kappa shape index (κ3) is 3.85. The van der Waals surface area contributed by atoms with Gasteiger partial charge in [0.15, 0.2) is 0 Å². The molecule has 0 spiro atoms. The summed E-state index contributed by atoms with van der Waals surface area (Å²) in [5, 5.41) is 8.47. The number of hydrogen-bond acceptors (Lipinski definition) is 3. The molecule has 0 aliphatic carbocycles. The minimum atomic E-state index is -1.03. The van der Waals surface area contributed by atoms with Crippen molar-refractivity contribution in [3.63, 3.8) is 0 Å². The maximum Gasteiger partial charge on any atom is 0.322 e. The zero-order valence-electron chi connectivity index (χ0n) is 6.13. The summed E-state index contributed by atoms with van der Waals surface area (Å²) in [5.41, 5.74) is 0. The van der Waals surface area contributed by atoms with E-state index in [1.165, 1.54) is 7.11 Å². The summed E-state index contributed by atoms with van der Waals surface area (Å²) in [6, 6.07) is -0.843. The molecule has 0 amide bonds. The number of hydrogen-bond donors (Lipinski definition) is 2. The number of methoxy groups -OCH3 is 1. The summed E-state index contributed by atoms with van der Waals surface area (Å²) in [5.74, 6) is -0.649. The second-order valence-corrected chi connectivity index (χ2v) is 2.17. The van der Waals surface area contributed by atoms with Crippen LogP contribution >= 0.6 is 11.8 Å². The highest BCUT2D eigenvalue weighted by Gasteiger charge is 2.16. The van der Waals surface area contributed by atoms with Crippen molar-refractivity contribution >= 4 is 17.7 Å². The molecule has 64 valence electrons. The lowest BCUT2D eigenvalue weighted by Crippen LogP contribution is -2.30. The van der Waals surface area contributed by atoms with Gasteiger partial charge in [-0.2, -0.15) is 0 Å². The smallest absolute Gasteiger partial charge is 0.322 e. The number of carboxylic acid groups (broad SMARTS) is 1. The maximum absolute atomic E-state index is 10.3. The molecule has 0 rings (SSSR count). The van der Waals surface area contributed by atoms with Crippen molar-refractivity contribution in [3.05, 3.63) is 12.3 Å². The van der Waals surface area contributed by atoms with Crippen molar-refractivity contribution in [2.24, 2.45) is 0 Å². The van der Waals surface area contributed by atoms with E-state index in [9.17, 15) is 4.79 Å². The molecule has 0 aromatic heterocycles. The zero-order chi connectivity index (χ0) is 8.85. The Balaban J connectivity index is 3.88. The number of carbonyl (C=O) groups is 1. The summed E-state index contributed by atoms with van der Waals surface area (Å²) >= 11 is 5.14. The van der Waals surface area contributed by atoms with Crippen LogP contribution < -0.4 is 4.84 Å². The molecule has 2 N–H and O–H groups in total. The van der Waals surface area contributed by atoms with Crippen LogP contribution in [-0.4, -0.2) is 24.2 Å². The lowest BCUT2D eigenvalue weighted by atomic mass is 10.2. The van der Waals surface area contributed by atoms with Crippen LogP contribution in [0.5, 0.6) is 0 Å². The average molecular weight is 180 g/mol. The predicted octanol–water partition coefficient (Wildman–Crippen LogP) is 0.733. The molecule has 1 unspecified atom stereocenters. The van der Waals surface area contributed by atoms with Crippen LogP contribution in [-0.2, 0) is 9.53 Å². The van der Waals surface area contributed by atoms with E-state index in [4.69, 9.17) is 16.9 Å². The van der Waals surface area contributed by atoms with Crippen LogP contribution in [0.2, 0.25) is 0 Å². The van der Waals surface area contributed by atoms with Crippen molar-refractivity contribution in [3.8, 4) is 0 Å². The summed E-state index contributed by atoms with van der Waals surface area (Å²) in [6.45, 7) is 3.46. The van der Waals surface area contributed by atoms with Gasteiger partial charge in [-0.1, -0.05) is 6.58 Å². The molecule has 1 atom stereocenters. The third-order valence-electron chi connectivity index (χ3n) is 1.15. The molecule has 0 aromatic rings. The molecule has 4 nitrogen and oxygen atoms in total. The van der Waals surface area contributed by atoms with E-state index >= 15 is 0 Å². The van der Waals surface area contributed by atoms with Gasteiger partial charge in [-0.05, 0) is 11.8 Å². The van der Waals surface area contributed by atoms with Crippen molar-refractivity contribution in [2.45, 2.75) is 12.5 Å². The molecule has 0 saturated heterocycles. The molecule has 0 aliphatic heterocycles. The molecule has 11 heavy (non-hydrogen) atoms. The number of carboxylic acids is 1. The summed E-state index contributed by atoms with van der Waals surface area (Å²) in [7, 11) is 1.43. The van der Waals surface area contributed by atoms with Gasteiger partial charge in [-0.25, -0.2) is 4.84 Å². The summed E-state index contributed by atoms with van der Waals surface area (Å²) < 4.78 is 4.68. The number of ether oxygens (including phenoxy) is 1. The van der Waals surface area contributed by atoms with Crippen LogP contribution in [0.3, 0.4) is 0 Å². The number of aliphatic carboxylic acids is 1. The molecule has 0 saturated carbocycles. The van der Waals surface area contributed by atoms with Crippen LogP contribution in [0.25, 0.3) is 0 Å². The first kappa shape index (κ1) is 10.3. The monoisotopic (exact) mass is 179 g/mol.